The predicted octanol–water partition coefficient (Wildman–Crippen LogP) is 3.87. The maximum atomic E-state index is 12.8. The molecule has 3 rings (SSSR count). The van der Waals surface area contributed by atoms with E-state index in [1.165, 1.54) is 48.5 Å². The third-order valence-electron chi connectivity index (χ3n) is 3.72. The number of anilines is 1. The van der Waals surface area contributed by atoms with Gasteiger partial charge < -0.3 is 9.73 Å². The number of alkyl halides is 3. The van der Waals surface area contributed by atoms with Crippen LogP contribution in [0, 0.1) is 0 Å². The van der Waals surface area contributed by atoms with Gasteiger partial charge in [-0.05, 0) is 42.5 Å². The van der Waals surface area contributed by atoms with Gasteiger partial charge in [-0.2, -0.15) is 13.2 Å². The molecule has 2 aromatic carbocycles. The van der Waals surface area contributed by atoms with Crippen LogP contribution in [-0.4, -0.2) is 14.3 Å². The molecule has 0 fully saturated rings. The van der Waals surface area contributed by atoms with E-state index in [1.807, 2.05) is 0 Å². The van der Waals surface area contributed by atoms with E-state index in [0.29, 0.717) is 0 Å². The number of hydrogen-bond donors (Lipinski definition) is 2. The van der Waals surface area contributed by atoms with E-state index in [9.17, 15) is 26.4 Å². The largest absolute Gasteiger partial charge is 0.451 e. The average molecular weight is 410 g/mol. The second-order valence-corrected chi connectivity index (χ2v) is 7.33. The fourth-order valence-electron chi connectivity index (χ4n) is 2.41. The second kappa shape index (κ2) is 7.13. The summed E-state index contributed by atoms with van der Waals surface area (Å²) in [6.07, 6.45) is -4.50. The van der Waals surface area contributed by atoms with Crippen molar-refractivity contribution in [2.24, 2.45) is 5.14 Å². The van der Waals surface area contributed by atoms with Gasteiger partial charge in [0.25, 0.3) is 5.91 Å². The number of halogens is 3. The molecule has 3 N–H and O–H groups in total. The zero-order valence-corrected chi connectivity index (χ0v) is 14.8. The number of rotatable bonds is 4. The first kappa shape index (κ1) is 19.6. The highest BCUT2D eigenvalue weighted by atomic mass is 32.2. The third kappa shape index (κ3) is 4.41. The molecule has 0 aliphatic heterocycles. The first-order valence-electron chi connectivity index (χ1n) is 7.76. The minimum Gasteiger partial charge on any atom is -0.451 e. The summed E-state index contributed by atoms with van der Waals surface area (Å²) in [6.45, 7) is 0. The van der Waals surface area contributed by atoms with E-state index in [4.69, 9.17) is 9.56 Å². The minimum absolute atomic E-state index is 0.0783. The molecule has 0 radical (unpaired) electrons. The summed E-state index contributed by atoms with van der Waals surface area (Å²) in [4.78, 5) is 12.1. The predicted molar refractivity (Wildman–Crippen MR) is 94.9 cm³/mol. The van der Waals surface area contributed by atoms with Gasteiger partial charge >= 0.3 is 6.18 Å². The molecule has 0 aliphatic carbocycles. The second-order valence-electron chi connectivity index (χ2n) is 5.77. The van der Waals surface area contributed by atoms with Gasteiger partial charge in [-0.25, -0.2) is 13.6 Å². The molecule has 6 nitrogen and oxygen atoms in total. The molecule has 146 valence electrons. The molecule has 0 bridgehead atoms. The zero-order valence-electron chi connectivity index (χ0n) is 14.0. The number of carbonyl (C=O) groups excluding carboxylic acids is 1. The van der Waals surface area contributed by atoms with Crippen LogP contribution in [0.5, 0.6) is 0 Å². The van der Waals surface area contributed by atoms with Crippen molar-refractivity contribution in [3.63, 3.8) is 0 Å². The van der Waals surface area contributed by atoms with Crippen molar-refractivity contribution in [3.05, 3.63) is 72.0 Å². The number of primary sulfonamides is 1. The molecule has 3 aromatic rings. The molecular formula is C18H13F3N2O4S. The first-order valence-corrected chi connectivity index (χ1v) is 9.30. The Balaban J connectivity index is 1.82. The maximum Gasteiger partial charge on any atom is 0.416 e. The van der Waals surface area contributed by atoms with Gasteiger partial charge in [0, 0.05) is 11.3 Å². The number of sulfonamides is 1. The van der Waals surface area contributed by atoms with Crippen molar-refractivity contribution in [2.45, 2.75) is 11.1 Å². The number of furan rings is 1. The molecule has 1 aromatic heterocycles. The van der Waals surface area contributed by atoms with Crippen LogP contribution in [0.25, 0.3) is 11.3 Å². The van der Waals surface area contributed by atoms with Gasteiger partial charge in [-0.1, -0.05) is 18.2 Å². The fourth-order valence-corrected chi connectivity index (χ4v) is 2.97. The van der Waals surface area contributed by atoms with E-state index in [-0.39, 0.29) is 27.7 Å². The SMILES string of the molecule is NS(=O)(=O)c1cccc(NC(=O)c2ccc(-c3cccc(C(F)(F)F)c3)o2)c1. The highest BCUT2D eigenvalue weighted by Gasteiger charge is 2.30. The fraction of sp³-hybridized carbons (Fsp3) is 0.0556. The van der Waals surface area contributed by atoms with Gasteiger partial charge in [0.15, 0.2) is 5.76 Å². The lowest BCUT2D eigenvalue weighted by molar-refractivity contribution is -0.137. The zero-order chi connectivity index (χ0) is 20.5. The third-order valence-corrected chi connectivity index (χ3v) is 4.64. The summed E-state index contributed by atoms with van der Waals surface area (Å²) in [6, 6.07) is 12.4. The van der Waals surface area contributed by atoms with Gasteiger partial charge in [0.2, 0.25) is 10.0 Å². The Morgan fingerprint density at radius 1 is 1.00 bits per heavy atom. The van der Waals surface area contributed by atoms with Crippen LogP contribution in [-0.2, 0) is 16.2 Å². The summed E-state index contributed by atoms with van der Waals surface area (Å²) in [5.41, 5.74) is -0.522. The number of nitrogens with two attached hydrogens (primary N) is 1. The number of benzene rings is 2. The highest BCUT2D eigenvalue weighted by molar-refractivity contribution is 7.89. The van der Waals surface area contributed by atoms with Gasteiger partial charge in [0.05, 0.1) is 10.5 Å². The molecule has 10 heteroatoms. The Labute approximate surface area is 157 Å². The topological polar surface area (TPSA) is 102 Å². The number of amides is 1. The lowest BCUT2D eigenvalue weighted by Crippen LogP contribution is -2.14. The molecular weight excluding hydrogens is 397 g/mol. The Morgan fingerprint density at radius 3 is 2.39 bits per heavy atom. The molecule has 28 heavy (non-hydrogen) atoms. The lowest BCUT2D eigenvalue weighted by atomic mass is 10.1. The molecule has 0 saturated carbocycles. The van der Waals surface area contributed by atoms with Crippen molar-refractivity contribution < 1.29 is 30.8 Å². The van der Waals surface area contributed by atoms with Gasteiger partial charge in [0.1, 0.15) is 5.76 Å². The van der Waals surface area contributed by atoms with Gasteiger partial charge in [-0.15, -0.1) is 0 Å². The summed E-state index contributed by atoms with van der Waals surface area (Å²) in [5.74, 6) is -0.784. The van der Waals surface area contributed by atoms with Crippen LogP contribution in [0.3, 0.4) is 0 Å². The number of carbonyl (C=O) groups is 1. The van der Waals surface area contributed by atoms with E-state index in [0.717, 1.165) is 12.1 Å². The lowest BCUT2D eigenvalue weighted by Gasteiger charge is -2.07. The van der Waals surface area contributed by atoms with Crippen molar-refractivity contribution in [2.75, 3.05) is 5.32 Å². The maximum absolute atomic E-state index is 12.8. The Morgan fingerprint density at radius 2 is 1.71 bits per heavy atom. The first-order chi connectivity index (χ1) is 13.0. The summed E-state index contributed by atoms with van der Waals surface area (Å²) in [5, 5.41) is 7.48. The van der Waals surface area contributed by atoms with E-state index < -0.39 is 27.7 Å². The molecule has 0 atom stereocenters. The minimum atomic E-state index is -4.50. The van der Waals surface area contributed by atoms with E-state index in [2.05, 4.69) is 5.32 Å². The van der Waals surface area contributed by atoms with Crippen LogP contribution in [0.4, 0.5) is 18.9 Å². The molecule has 0 unspecified atom stereocenters. The van der Waals surface area contributed by atoms with Crippen molar-refractivity contribution >= 4 is 21.6 Å². The van der Waals surface area contributed by atoms with Crippen LogP contribution < -0.4 is 10.5 Å². The summed E-state index contributed by atoms with van der Waals surface area (Å²) < 4.78 is 66.6. The Kier molecular flexibility index (Phi) is 5.01. The average Bonchev–Trinajstić information content (AvgIpc) is 3.11. The molecule has 0 saturated heterocycles. The smallest absolute Gasteiger partial charge is 0.416 e. The van der Waals surface area contributed by atoms with Crippen LogP contribution in [0.15, 0.2) is 70.0 Å². The monoisotopic (exact) mass is 410 g/mol. The number of hydrogen-bond acceptors (Lipinski definition) is 4. The van der Waals surface area contributed by atoms with Gasteiger partial charge in [-0.3, -0.25) is 4.79 Å². The Hall–Kier alpha value is -3.11. The van der Waals surface area contributed by atoms with Crippen LogP contribution >= 0.6 is 0 Å². The van der Waals surface area contributed by atoms with Crippen molar-refractivity contribution in [1.29, 1.82) is 0 Å². The molecule has 1 heterocycles. The van der Waals surface area contributed by atoms with Crippen LogP contribution in [0.1, 0.15) is 16.1 Å². The summed E-state index contributed by atoms with van der Waals surface area (Å²) >= 11 is 0. The molecule has 0 spiro atoms. The van der Waals surface area contributed by atoms with E-state index >= 15 is 0 Å². The molecule has 1 amide bonds. The van der Waals surface area contributed by atoms with Crippen LogP contribution in [0.2, 0.25) is 0 Å². The quantitative estimate of drug-likeness (QED) is 0.682. The standard InChI is InChI=1S/C18H13F3N2O4S/c19-18(20,21)12-4-1-3-11(9-12)15-7-8-16(27-15)17(24)23-13-5-2-6-14(10-13)28(22,25)26/h1-10H,(H,23,24)(H2,22,25,26). The van der Waals surface area contributed by atoms with Crippen molar-refractivity contribution in [3.8, 4) is 11.3 Å². The van der Waals surface area contributed by atoms with E-state index in [1.54, 1.807) is 0 Å². The molecule has 0 aliphatic rings. The Bertz CT molecular complexity index is 1140. The highest BCUT2D eigenvalue weighted by Crippen LogP contribution is 2.32. The number of nitrogens with one attached hydrogen (secondary N) is 1. The van der Waals surface area contributed by atoms with Crippen molar-refractivity contribution in [1.82, 2.24) is 0 Å². The normalized spacial score (nSPS) is 12.0. The summed E-state index contributed by atoms with van der Waals surface area (Å²) in [7, 11) is -3.94.